The van der Waals surface area contributed by atoms with Gasteiger partial charge in [0.1, 0.15) is 0 Å². The van der Waals surface area contributed by atoms with Gasteiger partial charge in [-0.25, -0.2) is 0 Å². The van der Waals surface area contributed by atoms with Crippen molar-refractivity contribution in [1.29, 1.82) is 0 Å². The van der Waals surface area contributed by atoms with Crippen molar-refractivity contribution in [3.63, 3.8) is 0 Å². The topological polar surface area (TPSA) is 12.0 Å². The molecule has 0 atom stereocenters. The highest BCUT2D eigenvalue weighted by atomic mass is 79.9. The minimum Gasteiger partial charge on any atom is -0.319 e. The molecule has 0 aromatic heterocycles. The van der Waals surface area contributed by atoms with Crippen molar-refractivity contribution in [2.24, 2.45) is 11.8 Å². The normalized spacial score (nSPS) is 26.8. The van der Waals surface area contributed by atoms with Crippen LogP contribution in [-0.4, -0.2) is 18.9 Å². The lowest BCUT2D eigenvalue weighted by Crippen LogP contribution is -2.23. The van der Waals surface area contributed by atoms with Crippen LogP contribution >= 0.6 is 15.9 Å². The number of rotatable bonds is 7. The van der Waals surface area contributed by atoms with Crippen molar-refractivity contribution in [2.45, 2.75) is 51.4 Å². The molecule has 0 radical (unpaired) electrons. The molecule has 0 aliphatic heterocycles. The van der Waals surface area contributed by atoms with Crippen LogP contribution in [0, 0.1) is 11.8 Å². The molecule has 2 heteroatoms. The van der Waals surface area contributed by atoms with E-state index in [2.05, 4.69) is 28.3 Å². The fourth-order valence-electron chi connectivity index (χ4n) is 2.72. The Morgan fingerprint density at radius 2 is 1.67 bits per heavy atom. The monoisotopic (exact) mass is 275 g/mol. The van der Waals surface area contributed by atoms with E-state index in [0.717, 1.165) is 11.8 Å². The number of unbranched alkanes of at least 4 members (excludes halogenated alkanes) is 2. The molecule has 15 heavy (non-hydrogen) atoms. The van der Waals surface area contributed by atoms with Crippen LogP contribution in [0.5, 0.6) is 0 Å². The van der Waals surface area contributed by atoms with Crippen LogP contribution in [0.25, 0.3) is 0 Å². The maximum Gasteiger partial charge on any atom is 0.00313 e. The molecular weight excluding hydrogens is 250 g/mol. The third-order valence-corrected chi connectivity index (χ3v) is 4.27. The van der Waals surface area contributed by atoms with Crippen LogP contribution in [0.4, 0.5) is 0 Å². The molecule has 0 aromatic rings. The Morgan fingerprint density at radius 1 is 1.00 bits per heavy atom. The summed E-state index contributed by atoms with van der Waals surface area (Å²) in [6.07, 6.45) is 11.6. The van der Waals surface area contributed by atoms with Gasteiger partial charge < -0.3 is 5.32 Å². The first kappa shape index (κ1) is 13.5. The van der Waals surface area contributed by atoms with Gasteiger partial charge in [-0.1, -0.05) is 48.0 Å². The van der Waals surface area contributed by atoms with Gasteiger partial charge >= 0.3 is 0 Å². The Labute approximate surface area is 104 Å². The molecular formula is C13H26BrN. The van der Waals surface area contributed by atoms with E-state index in [1.54, 1.807) is 0 Å². The summed E-state index contributed by atoms with van der Waals surface area (Å²) in [4.78, 5) is 0. The Morgan fingerprint density at radius 3 is 2.27 bits per heavy atom. The Kier molecular flexibility index (Phi) is 7.72. The number of alkyl halides is 1. The summed E-state index contributed by atoms with van der Waals surface area (Å²) in [7, 11) is 2.08. The van der Waals surface area contributed by atoms with Crippen molar-refractivity contribution in [1.82, 2.24) is 5.32 Å². The maximum absolute atomic E-state index is 3.49. The molecule has 1 saturated carbocycles. The van der Waals surface area contributed by atoms with E-state index >= 15 is 0 Å². The number of hydrogen-bond donors (Lipinski definition) is 1. The highest BCUT2D eigenvalue weighted by Crippen LogP contribution is 2.31. The van der Waals surface area contributed by atoms with Crippen LogP contribution in [-0.2, 0) is 0 Å². The van der Waals surface area contributed by atoms with E-state index in [-0.39, 0.29) is 0 Å². The summed E-state index contributed by atoms with van der Waals surface area (Å²) < 4.78 is 0. The smallest absolute Gasteiger partial charge is 0.00313 e. The fourth-order valence-corrected chi connectivity index (χ4v) is 3.11. The van der Waals surface area contributed by atoms with E-state index in [9.17, 15) is 0 Å². The molecule has 0 aromatic carbocycles. The predicted octanol–water partition coefficient (Wildman–Crippen LogP) is 3.97. The average molecular weight is 276 g/mol. The minimum atomic E-state index is 0.966. The van der Waals surface area contributed by atoms with Crippen molar-refractivity contribution in [3.8, 4) is 0 Å². The molecule has 1 aliphatic carbocycles. The van der Waals surface area contributed by atoms with Crippen LogP contribution in [0.2, 0.25) is 0 Å². The van der Waals surface area contributed by atoms with E-state index in [1.807, 2.05) is 0 Å². The largest absolute Gasteiger partial charge is 0.319 e. The van der Waals surface area contributed by atoms with Gasteiger partial charge in [0.05, 0.1) is 0 Å². The highest BCUT2D eigenvalue weighted by Gasteiger charge is 2.19. The van der Waals surface area contributed by atoms with Gasteiger partial charge in [-0.05, 0) is 44.7 Å². The lowest BCUT2D eigenvalue weighted by atomic mass is 9.80. The zero-order valence-corrected chi connectivity index (χ0v) is 11.7. The second-order valence-electron chi connectivity index (χ2n) is 4.98. The van der Waals surface area contributed by atoms with Crippen LogP contribution in [0.1, 0.15) is 51.4 Å². The molecule has 1 fully saturated rings. The first-order chi connectivity index (χ1) is 7.36. The van der Waals surface area contributed by atoms with E-state index in [1.165, 1.54) is 63.2 Å². The van der Waals surface area contributed by atoms with Crippen molar-refractivity contribution < 1.29 is 0 Å². The summed E-state index contributed by atoms with van der Waals surface area (Å²) in [5, 5.41) is 4.49. The predicted molar refractivity (Wildman–Crippen MR) is 71.6 cm³/mol. The third-order valence-electron chi connectivity index (χ3n) is 3.71. The summed E-state index contributed by atoms with van der Waals surface area (Å²) >= 11 is 3.49. The maximum atomic E-state index is 3.49. The second kappa shape index (κ2) is 8.58. The molecule has 1 nitrogen and oxygen atoms in total. The fraction of sp³-hybridized carbons (Fsp3) is 1.00. The first-order valence-corrected chi connectivity index (χ1v) is 7.69. The number of hydrogen-bond acceptors (Lipinski definition) is 1. The van der Waals surface area contributed by atoms with Gasteiger partial charge in [-0.3, -0.25) is 0 Å². The summed E-state index contributed by atoms with van der Waals surface area (Å²) in [5.74, 6) is 2.02. The van der Waals surface area contributed by atoms with Gasteiger partial charge in [0.25, 0.3) is 0 Å². The molecule has 0 heterocycles. The van der Waals surface area contributed by atoms with Gasteiger partial charge in [-0.15, -0.1) is 0 Å². The van der Waals surface area contributed by atoms with Crippen LogP contribution < -0.4 is 5.32 Å². The number of nitrogens with one attached hydrogen (secondary N) is 1. The molecule has 0 amide bonds. The molecule has 90 valence electrons. The van der Waals surface area contributed by atoms with Crippen LogP contribution in [0.3, 0.4) is 0 Å². The molecule has 1 rings (SSSR count). The van der Waals surface area contributed by atoms with Crippen LogP contribution in [0.15, 0.2) is 0 Å². The molecule has 0 bridgehead atoms. The average Bonchev–Trinajstić information content (AvgIpc) is 2.27. The van der Waals surface area contributed by atoms with Gasteiger partial charge in [0, 0.05) is 5.33 Å². The summed E-state index contributed by atoms with van der Waals surface area (Å²) in [6.45, 7) is 1.23. The van der Waals surface area contributed by atoms with Crippen molar-refractivity contribution in [2.75, 3.05) is 18.9 Å². The van der Waals surface area contributed by atoms with Gasteiger partial charge in [0.2, 0.25) is 0 Å². The lowest BCUT2D eigenvalue weighted by Gasteiger charge is -2.28. The minimum absolute atomic E-state index is 0.966. The standard InChI is InChI=1S/C13H26BrN/c1-15-11-13-8-6-12(7-9-13)5-3-2-4-10-14/h12-13,15H,2-11H2,1H3. The Balaban J connectivity index is 1.99. The second-order valence-corrected chi connectivity index (χ2v) is 5.78. The first-order valence-electron chi connectivity index (χ1n) is 6.57. The van der Waals surface area contributed by atoms with Gasteiger partial charge in [-0.2, -0.15) is 0 Å². The summed E-state index contributed by atoms with van der Waals surface area (Å²) in [6, 6.07) is 0. The summed E-state index contributed by atoms with van der Waals surface area (Å²) in [5.41, 5.74) is 0. The van der Waals surface area contributed by atoms with Gasteiger partial charge in [0.15, 0.2) is 0 Å². The number of halogens is 1. The zero-order chi connectivity index (χ0) is 10.9. The Bertz CT molecular complexity index is 139. The molecule has 0 unspecified atom stereocenters. The quantitative estimate of drug-likeness (QED) is 0.548. The molecule has 0 saturated heterocycles. The lowest BCUT2D eigenvalue weighted by molar-refractivity contribution is 0.256. The highest BCUT2D eigenvalue weighted by molar-refractivity contribution is 9.09. The van der Waals surface area contributed by atoms with E-state index in [4.69, 9.17) is 0 Å². The molecule has 1 N–H and O–H groups in total. The van der Waals surface area contributed by atoms with Crippen molar-refractivity contribution >= 4 is 15.9 Å². The van der Waals surface area contributed by atoms with E-state index in [0.29, 0.717) is 0 Å². The molecule has 1 aliphatic rings. The zero-order valence-electron chi connectivity index (χ0n) is 10.1. The van der Waals surface area contributed by atoms with Crippen molar-refractivity contribution in [3.05, 3.63) is 0 Å². The molecule has 0 spiro atoms. The Hall–Kier alpha value is 0.440. The van der Waals surface area contributed by atoms with E-state index < -0.39 is 0 Å². The third kappa shape index (κ3) is 5.91. The SMILES string of the molecule is CNCC1CCC(CCCCCBr)CC1.